The number of ether oxygens (including phenoxy) is 1. The van der Waals surface area contributed by atoms with Gasteiger partial charge in [0.1, 0.15) is 12.1 Å². The molecule has 0 aromatic heterocycles. The Morgan fingerprint density at radius 2 is 2.50 bits per heavy atom. The smallest absolute Gasteiger partial charge is 0.134 e. The van der Waals surface area contributed by atoms with Gasteiger partial charge in [-0.15, -0.1) is 0 Å². The summed E-state index contributed by atoms with van der Waals surface area (Å²) in [6.45, 7) is 0.172. The zero-order valence-corrected chi connectivity index (χ0v) is 4.73. The molecule has 6 heavy (non-hydrogen) atoms. The Hall–Kier alpha value is -0.0700. The molecule has 0 amide bonds. The van der Waals surface area contributed by atoms with E-state index in [-0.39, 0.29) is 6.61 Å². The Balaban J connectivity index is 2.54. The topological polar surface area (TPSA) is 33.0 Å². The zero-order valence-electron chi connectivity index (χ0n) is 3.15. The van der Waals surface area contributed by atoms with E-state index in [0.717, 1.165) is 0 Å². The maximum atomic E-state index is 7.80. The number of hydrogen-bond acceptors (Lipinski definition) is 2. The molecule has 0 aromatic carbocycles. The predicted molar refractivity (Wildman–Crippen MR) is 25.4 cm³/mol. The van der Waals surface area contributed by atoms with Crippen molar-refractivity contribution in [2.45, 2.75) is 0 Å². The Morgan fingerprint density at radius 3 is 2.67 bits per heavy atom. The first-order valence-electron chi connectivity index (χ1n) is 1.42. The fraction of sp³-hybridized carbons (Fsp3) is 0.667. The van der Waals surface area contributed by atoms with E-state index in [2.05, 4.69) is 20.7 Å². The Morgan fingerprint density at radius 1 is 1.83 bits per heavy atom. The summed E-state index contributed by atoms with van der Waals surface area (Å²) >= 11 is 2.98. The molecule has 0 radical (unpaired) electrons. The van der Waals surface area contributed by atoms with Crippen LogP contribution in [0.4, 0.5) is 0 Å². The molecule has 2 nitrogen and oxygen atoms in total. The van der Waals surface area contributed by atoms with Gasteiger partial charge < -0.3 is 4.74 Å². The lowest BCUT2D eigenvalue weighted by Gasteiger charge is -1.82. The quantitative estimate of drug-likeness (QED) is 0.432. The second-order valence-corrected chi connectivity index (χ2v) is 1.07. The fourth-order valence-corrected chi connectivity index (χ4v) is 0.246. The van der Waals surface area contributed by atoms with Gasteiger partial charge >= 0.3 is 0 Å². The summed E-state index contributed by atoms with van der Waals surface area (Å²) in [6, 6.07) is 1.82. The van der Waals surface area contributed by atoms with Gasteiger partial charge in [0.25, 0.3) is 0 Å². The molecule has 3 heteroatoms. The minimum atomic E-state index is 0.172. The van der Waals surface area contributed by atoms with E-state index in [9.17, 15) is 0 Å². The van der Waals surface area contributed by atoms with Gasteiger partial charge in [-0.05, 0) is 0 Å². The Labute approximate surface area is 44.8 Å². The average Bonchev–Trinajstić information content (AvgIpc) is 1.61. The van der Waals surface area contributed by atoms with Crippen LogP contribution in [-0.4, -0.2) is 12.1 Å². The molecule has 0 aliphatic carbocycles. The molecule has 0 aliphatic rings. The van der Waals surface area contributed by atoms with E-state index in [1.165, 1.54) is 0 Å². The molecular weight excluding hydrogens is 146 g/mol. The van der Waals surface area contributed by atoms with Gasteiger partial charge in [-0.1, -0.05) is 15.9 Å². The highest BCUT2D eigenvalue weighted by Gasteiger charge is 1.72. The van der Waals surface area contributed by atoms with Crippen LogP contribution < -0.4 is 0 Å². The van der Waals surface area contributed by atoms with Crippen LogP contribution in [0.2, 0.25) is 0 Å². The first-order chi connectivity index (χ1) is 2.91. The van der Waals surface area contributed by atoms with E-state index < -0.39 is 0 Å². The van der Waals surface area contributed by atoms with Crippen LogP contribution in [0.15, 0.2) is 0 Å². The Kier molecular flexibility index (Phi) is 4.87. The summed E-state index contributed by atoms with van der Waals surface area (Å²) in [6.07, 6.45) is 0. The molecule has 0 saturated heterocycles. The molecule has 34 valence electrons. The molecule has 0 aliphatic heterocycles. The number of halogens is 1. The van der Waals surface area contributed by atoms with Crippen molar-refractivity contribution in [1.82, 2.24) is 0 Å². The maximum absolute atomic E-state index is 7.80. The van der Waals surface area contributed by atoms with Crippen molar-refractivity contribution < 1.29 is 4.74 Å². The lowest BCUT2D eigenvalue weighted by molar-refractivity contribution is 0.224. The molecule has 0 bridgehead atoms. The van der Waals surface area contributed by atoms with Gasteiger partial charge in [0, 0.05) is 0 Å². The standard InChI is InChI=1S/C3H4BrNO/c4-3-6-2-1-5/h2-3H2. The molecule has 0 fully saturated rings. The molecule has 0 rings (SSSR count). The number of nitriles is 1. The highest BCUT2D eigenvalue weighted by molar-refractivity contribution is 9.09. The molecule has 0 aromatic rings. The molecule has 0 heterocycles. The lowest BCUT2D eigenvalue weighted by atomic mass is 10.8. The molecule has 0 atom stereocenters. The van der Waals surface area contributed by atoms with Crippen LogP contribution in [-0.2, 0) is 4.74 Å². The zero-order chi connectivity index (χ0) is 4.83. The van der Waals surface area contributed by atoms with E-state index >= 15 is 0 Å². The van der Waals surface area contributed by atoms with E-state index in [1.54, 1.807) is 0 Å². The van der Waals surface area contributed by atoms with E-state index in [1.807, 2.05) is 6.07 Å². The van der Waals surface area contributed by atoms with Crippen LogP contribution >= 0.6 is 15.9 Å². The predicted octanol–water partition coefficient (Wildman–Crippen LogP) is 0.879. The summed E-state index contributed by atoms with van der Waals surface area (Å²) in [5.74, 6) is 0. The molecule has 0 saturated carbocycles. The summed E-state index contributed by atoms with van der Waals surface area (Å²) in [5, 5.41) is 7.80. The first kappa shape index (κ1) is 5.93. The third-order valence-corrected chi connectivity index (χ3v) is 0.568. The van der Waals surface area contributed by atoms with Crippen molar-refractivity contribution >= 4 is 15.9 Å². The number of alkyl halides is 1. The lowest BCUT2D eigenvalue weighted by Crippen LogP contribution is -1.83. The number of hydrogen-bond donors (Lipinski definition) is 0. The summed E-state index contributed by atoms with van der Waals surface area (Å²) < 4.78 is 4.54. The van der Waals surface area contributed by atoms with Crippen molar-refractivity contribution in [3.05, 3.63) is 0 Å². The van der Waals surface area contributed by atoms with Gasteiger partial charge in [0.2, 0.25) is 0 Å². The van der Waals surface area contributed by atoms with Crippen LogP contribution in [0.1, 0.15) is 0 Å². The Bertz CT molecular complexity index is 58.3. The third kappa shape index (κ3) is 3.93. The molecule has 0 unspecified atom stereocenters. The molecule has 0 spiro atoms. The number of rotatable bonds is 2. The second kappa shape index (κ2) is 4.93. The monoisotopic (exact) mass is 149 g/mol. The van der Waals surface area contributed by atoms with Gasteiger partial charge in [-0.2, -0.15) is 5.26 Å². The SMILES string of the molecule is N#CCOCBr. The first-order valence-corrected chi connectivity index (χ1v) is 2.54. The van der Waals surface area contributed by atoms with E-state index in [4.69, 9.17) is 5.26 Å². The van der Waals surface area contributed by atoms with Crippen LogP contribution in [0.25, 0.3) is 0 Å². The van der Waals surface area contributed by atoms with Crippen molar-refractivity contribution in [3.8, 4) is 6.07 Å². The van der Waals surface area contributed by atoms with E-state index in [0.29, 0.717) is 5.52 Å². The van der Waals surface area contributed by atoms with Crippen molar-refractivity contribution in [2.75, 3.05) is 12.1 Å². The minimum absolute atomic E-state index is 0.172. The van der Waals surface area contributed by atoms with Crippen molar-refractivity contribution in [2.24, 2.45) is 0 Å². The van der Waals surface area contributed by atoms with Gasteiger partial charge in [-0.3, -0.25) is 0 Å². The van der Waals surface area contributed by atoms with Crippen molar-refractivity contribution in [1.29, 1.82) is 5.26 Å². The largest absolute Gasteiger partial charge is 0.355 e. The number of nitrogens with zero attached hydrogens (tertiary/aromatic N) is 1. The van der Waals surface area contributed by atoms with Crippen LogP contribution in [0, 0.1) is 11.3 Å². The fourth-order valence-electron chi connectivity index (χ4n) is 0.0842. The van der Waals surface area contributed by atoms with Gasteiger partial charge in [-0.25, -0.2) is 0 Å². The van der Waals surface area contributed by atoms with Crippen LogP contribution in [0.5, 0.6) is 0 Å². The maximum Gasteiger partial charge on any atom is 0.134 e. The van der Waals surface area contributed by atoms with Gasteiger partial charge in [0.15, 0.2) is 0 Å². The summed E-state index contributed by atoms with van der Waals surface area (Å²) in [4.78, 5) is 0. The second-order valence-electron chi connectivity index (χ2n) is 0.616. The molecule has 0 N–H and O–H groups in total. The highest BCUT2D eigenvalue weighted by atomic mass is 79.9. The highest BCUT2D eigenvalue weighted by Crippen LogP contribution is 1.78. The third-order valence-electron chi connectivity index (χ3n) is 0.244. The summed E-state index contributed by atoms with van der Waals surface area (Å²) in [5.41, 5.74) is 0.445. The van der Waals surface area contributed by atoms with Crippen molar-refractivity contribution in [3.63, 3.8) is 0 Å². The van der Waals surface area contributed by atoms with Crippen LogP contribution in [0.3, 0.4) is 0 Å². The summed E-state index contributed by atoms with van der Waals surface area (Å²) in [7, 11) is 0. The normalized spacial score (nSPS) is 7.33. The molecular formula is C3H4BrNO. The van der Waals surface area contributed by atoms with Gasteiger partial charge in [0.05, 0.1) is 6.07 Å². The minimum Gasteiger partial charge on any atom is -0.355 e. The average molecular weight is 150 g/mol.